The maximum absolute atomic E-state index is 11.6. The second-order valence-corrected chi connectivity index (χ2v) is 7.02. The molecular weight excluding hydrogens is 307 g/mol. The van der Waals surface area contributed by atoms with Crippen LogP contribution in [0.25, 0.3) is 0 Å². The van der Waals surface area contributed by atoms with Crippen LogP contribution in [0.3, 0.4) is 0 Å². The molecule has 2 saturated carbocycles. The molecule has 0 amide bonds. The van der Waals surface area contributed by atoms with Crippen molar-refractivity contribution in [3.8, 4) is 0 Å². The Morgan fingerprint density at radius 3 is 2.23 bits per heavy atom. The standard InChI is InChI=1S/C11H19O6P.2C2H6/c1-7-4-10(17-18(12,13)15-3)5-8-6-11(8,14-2)9(10)16-7;2*1-2/h7-9H,4-6H2,1-3H3,(H,12,13);2*1-2H3/p-1/t7-,8?,9?,10?,11+;;/m0../s1. The van der Waals surface area contributed by atoms with E-state index in [1.54, 1.807) is 7.11 Å². The fourth-order valence-corrected chi connectivity index (χ4v) is 4.56. The van der Waals surface area contributed by atoms with E-state index in [1.165, 1.54) is 0 Å². The second-order valence-electron chi connectivity index (χ2n) is 5.58. The van der Waals surface area contributed by atoms with E-state index >= 15 is 0 Å². The number of ether oxygens (including phenoxy) is 2. The highest BCUT2D eigenvalue weighted by atomic mass is 31.2. The third kappa shape index (κ3) is 3.28. The van der Waals surface area contributed by atoms with Gasteiger partial charge >= 0.3 is 0 Å². The van der Waals surface area contributed by atoms with E-state index < -0.39 is 13.4 Å². The molecule has 0 spiro atoms. The maximum atomic E-state index is 11.6. The van der Waals surface area contributed by atoms with E-state index in [4.69, 9.17) is 14.0 Å². The lowest BCUT2D eigenvalue weighted by Crippen LogP contribution is -2.45. The van der Waals surface area contributed by atoms with Crippen molar-refractivity contribution < 1.29 is 28.0 Å². The third-order valence-electron chi connectivity index (χ3n) is 4.51. The van der Waals surface area contributed by atoms with Gasteiger partial charge in [-0.3, -0.25) is 4.57 Å². The van der Waals surface area contributed by atoms with E-state index in [1.807, 2.05) is 34.6 Å². The van der Waals surface area contributed by atoms with Gasteiger partial charge in [-0.2, -0.15) is 0 Å². The average Bonchev–Trinajstić information content (AvgIpc) is 3.02. The van der Waals surface area contributed by atoms with Gasteiger partial charge in [-0.1, -0.05) is 27.7 Å². The fraction of sp³-hybridized carbons (Fsp3) is 1.00. The van der Waals surface area contributed by atoms with Crippen molar-refractivity contribution >= 4 is 7.82 Å². The van der Waals surface area contributed by atoms with Gasteiger partial charge < -0.3 is 23.4 Å². The molecule has 1 aliphatic heterocycles. The number of fused-ring (bicyclic) bond motifs is 3. The van der Waals surface area contributed by atoms with Crippen molar-refractivity contribution in [3.63, 3.8) is 0 Å². The number of phosphoric acid groups is 1. The van der Waals surface area contributed by atoms with Crippen molar-refractivity contribution in [3.05, 3.63) is 0 Å². The fourth-order valence-electron chi connectivity index (χ4n) is 3.80. The second kappa shape index (κ2) is 7.29. The van der Waals surface area contributed by atoms with Crippen LogP contribution in [0.1, 0.15) is 53.9 Å². The van der Waals surface area contributed by atoms with Crippen molar-refractivity contribution in [1.82, 2.24) is 0 Å². The summed E-state index contributed by atoms with van der Waals surface area (Å²) >= 11 is 0. The number of hydrogen-bond donors (Lipinski definition) is 0. The zero-order valence-corrected chi connectivity index (χ0v) is 15.6. The molecule has 6 nitrogen and oxygen atoms in total. The Morgan fingerprint density at radius 1 is 1.14 bits per heavy atom. The van der Waals surface area contributed by atoms with Crippen molar-refractivity contribution in [1.29, 1.82) is 0 Å². The predicted octanol–water partition coefficient (Wildman–Crippen LogP) is 2.90. The number of methoxy groups -OCH3 is 1. The van der Waals surface area contributed by atoms with Crippen molar-refractivity contribution in [2.24, 2.45) is 5.92 Å². The molecule has 3 rings (SSSR count). The molecule has 6 atom stereocenters. The highest BCUT2D eigenvalue weighted by Crippen LogP contribution is 2.69. The minimum atomic E-state index is -4.26. The van der Waals surface area contributed by atoms with Crippen LogP contribution in [0.2, 0.25) is 0 Å². The van der Waals surface area contributed by atoms with E-state index in [-0.39, 0.29) is 17.8 Å². The van der Waals surface area contributed by atoms with Gasteiger partial charge in [0.15, 0.2) is 0 Å². The monoisotopic (exact) mass is 337 g/mol. The Labute approximate surface area is 134 Å². The molecule has 0 bridgehead atoms. The van der Waals surface area contributed by atoms with Gasteiger partial charge in [0.1, 0.15) is 17.3 Å². The minimum Gasteiger partial charge on any atom is -0.756 e. The van der Waals surface area contributed by atoms with Crippen LogP contribution in [0, 0.1) is 5.92 Å². The van der Waals surface area contributed by atoms with E-state index in [2.05, 4.69) is 4.52 Å². The van der Waals surface area contributed by atoms with Gasteiger partial charge in [0.05, 0.1) is 6.10 Å². The van der Waals surface area contributed by atoms with Gasteiger partial charge in [0, 0.05) is 20.6 Å². The quantitative estimate of drug-likeness (QED) is 0.734. The number of phosphoric ester groups is 1. The van der Waals surface area contributed by atoms with Gasteiger partial charge in [-0.15, -0.1) is 0 Å². The normalized spacial score (nSPS) is 43.7. The first-order chi connectivity index (χ1) is 10.4. The molecule has 0 aromatic heterocycles. The molecule has 132 valence electrons. The Kier molecular flexibility index (Phi) is 6.65. The first-order valence-corrected chi connectivity index (χ1v) is 9.62. The maximum Gasteiger partial charge on any atom is 0.268 e. The molecule has 0 N–H and O–H groups in total. The zero-order valence-electron chi connectivity index (χ0n) is 14.8. The summed E-state index contributed by atoms with van der Waals surface area (Å²) in [6, 6.07) is 0. The van der Waals surface area contributed by atoms with Gasteiger partial charge in [0.2, 0.25) is 0 Å². The van der Waals surface area contributed by atoms with Crippen LogP contribution >= 0.6 is 7.82 Å². The summed E-state index contributed by atoms with van der Waals surface area (Å²) in [4.78, 5) is 11.6. The predicted molar refractivity (Wildman–Crippen MR) is 82.5 cm³/mol. The van der Waals surface area contributed by atoms with E-state index in [9.17, 15) is 9.46 Å². The number of rotatable bonds is 4. The molecule has 0 radical (unpaired) electrons. The molecule has 0 aromatic carbocycles. The first-order valence-electron chi connectivity index (χ1n) is 8.16. The average molecular weight is 337 g/mol. The van der Waals surface area contributed by atoms with Crippen molar-refractivity contribution in [2.45, 2.75) is 77.3 Å². The van der Waals surface area contributed by atoms with Gasteiger partial charge in [0.25, 0.3) is 7.82 Å². The molecule has 1 saturated heterocycles. The topological polar surface area (TPSA) is 77.1 Å². The van der Waals surface area contributed by atoms with Crippen LogP contribution in [-0.2, 0) is 23.1 Å². The smallest absolute Gasteiger partial charge is 0.268 e. The van der Waals surface area contributed by atoms with Gasteiger partial charge in [-0.25, -0.2) is 0 Å². The van der Waals surface area contributed by atoms with Crippen LogP contribution in [0.4, 0.5) is 0 Å². The Hall–Kier alpha value is 0.0300. The molecular formula is C15H30O6P-. The molecule has 22 heavy (non-hydrogen) atoms. The highest BCUT2D eigenvalue weighted by molar-refractivity contribution is 7.45. The van der Waals surface area contributed by atoms with Crippen LogP contribution in [0.5, 0.6) is 0 Å². The summed E-state index contributed by atoms with van der Waals surface area (Å²) in [5.41, 5.74) is -1.15. The SMILES string of the molecule is CC.CC.CO[C@]12CC1CC1(OP(=O)([O-])OC)C[C@H](C)OC12. The zero-order chi connectivity index (χ0) is 17.2. The summed E-state index contributed by atoms with van der Waals surface area (Å²) in [6.45, 7) is 9.92. The van der Waals surface area contributed by atoms with E-state index in [0.29, 0.717) is 18.8 Å². The molecule has 0 aromatic rings. The summed E-state index contributed by atoms with van der Waals surface area (Å²) in [5, 5.41) is 0. The molecule has 3 aliphatic rings. The Morgan fingerprint density at radius 2 is 1.73 bits per heavy atom. The summed E-state index contributed by atoms with van der Waals surface area (Å²) in [6.07, 6.45) is 1.80. The molecule has 3 fully saturated rings. The van der Waals surface area contributed by atoms with Crippen LogP contribution in [-0.4, -0.2) is 37.6 Å². The molecule has 4 unspecified atom stereocenters. The Balaban J connectivity index is 0.000000561. The summed E-state index contributed by atoms with van der Waals surface area (Å²) in [5.74, 6) is 0.330. The van der Waals surface area contributed by atoms with Gasteiger partial charge in [-0.05, 0) is 25.7 Å². The molecule has 2 aliphatic carbocycles. The van der Waals surface area contributed by atoms with Crippen LogP contribution in [0.15, 0.2) is 0 Å². The molecule has 7 heteroatoms. The minimum absolute atomic E-state index is 0.0274. The lowest BCUT2D eigenvalue weighted by molar-refractivity contribution is -0.238. The van der Waals surface area contributed by atoms with Crippen molar-refractivity contribution in [2.75, 3.05) is 14.2 Å². The first kappa shape index (κ1) is 20.1. The largest absolute Gasteiger partial charge is 0.756 e. The Bertz CT molecular complexity index is 413. The highest BCUT2D eigenvalue weighted by Gasteiger charge is 2.77. The lowest BCUT2D eigenvalue weighted by atomic mass is 9.91. The summed E-state index contributed by atoms with van der Waals surface area (Å²) in [7, 11) is -1.50. The molecule has 1 heterocycles. The van der Waals surface area contributed by atoms with Crippen LogP contribution < -0.4 is 4.89 Å². The van der Waals surface area contributed by atoms with E-state index in [0.717, 1.165) is 13.5 Å². The lowest BCUT2D eigenvalue weighted by Gasteiger charge is -2.37. The number of hydrogen-bond acceptors (Lipinski definition) is 6. The third-order valence-corrected chi connectivity index (χ3v) is 5.54. The summed E-state index contributed by atoms with van der Waals surface area (Å²) < 4.78 is 32.8.